The molecule has 1 aromatic heterocycles. The lowest BCUT2D eigenvalue weighted by Gasteiger charge is -2.22. The lowest BCUT2D eigenvalue weighted by atomic mass is 10.1. The Labute approximate surface area is 125 Å². The topological polar surface area (TPSA) is 62.3 Å². The number of anilines is 1. The minimum Gasteiger partial charge on any atom is -0.386 e. The van der Waals surface area contributed by atoms with E-state index in [1.807, 2.05) is 11.8 Å². The quantitative estimate of drug-likeness (QED) is 0.925. The van der Waals surface area contributed by atoms with Crippen LogP contribution in [0.5, 0.6) is 0 Å². The van der Waals surface area contributed by atoms with Crippen molar-refractivity contribution in [2.75, 3.05) is 31.2 Å². The van der Waals surface area contributed by atoms with E-state index in [1.165, 1.54) is 6.20 Å². The van der Waals surface area contributed by atoms with Crippen LogP contribution in [-0.4, -0.2) is 48.3 Å². The summed E-state index contributed by atoms with van der Waals surface area (Å²) in [5, 5.41) is 3.02. The van der Waals surface area contributed by atoms with Gasteiger partial charge in [-0.05, 0) is 18.6 Å². The number of thioether (sulfide) groups is 1. The molecule has 112 valence electrons. The Bertz CT molecular complexity index is 573. The van der Waals surface area contributed by atoms with Crippen molar-refractivity contribution in [3.63, 3.8) is 0 Å². The van der Waals surface area contributed by atoms with E-state index in [0.717, 1.165) is 12.2 Å². The number of rotatable bonds is 3. The molecule has 1 N–H and O–H groups in total. The van der Waals surface area contributed by atoms with E-state index < -0.39 is 10.0 Å². The average molecular weight is 315 g/mol. The van der Waals surface area contributed by atoms with Crippen LogP contribution in [0.1, 0.15) is 20.3 Å². The second kappa shape index (κ2) is 5.91. The third kappa shape index (κ3) is 3.27. The highest BCUT2D eigenvalue weighted by Gasteiger charge is 2.32. The maximum absolute atomic E-state index is 12.7. The smallest absolute Gasteiger partial charge is 0.262 e. The minimum absolute atomic E-state index is 0.118. The van der Waals surface area contributed by atoms with E-state index in [1.54, 1.807) is 23.5 Å². The molecule has 0 unspecified atom stereocenters. The number of sulfonamides is 1. The lowest BCUT2D eigenvalue weighted by Crippen LogP contribution is -2.34. The zero-order valence-electron chi connectivity index (χ0n) is 12.1. The molecule has 0 bridgehead atoms. The molecule has 5 nitrogen and oxygen atoms in total. The van der Waals surface area contributed by atoms with Gasteiger partial charge in [0.2, 0.25) is 0 Å². The largest absolute Gasteiger partial charge is 0.386 e. The monoisotopic (exact) mass is 315 g/mol. The van der Waals surface area contributed by atoms with Crippen molar-refractivity contribution in [2.45, 2.75) is 30.0 Å². The molecule has 0 amide bonds. The third-order valence-corrected chi connectivity index (χ3v) is 6.65. The van der Waals surface area contributed by atoms with Crippen molar-refractivity contribution in [3.05, 3.63) is 18.3 Å². The van der Waals surface area contributed by atoms with E-state index in [9.17, 15) is 8.42 Å². The number of hydrogen-bond donors (Lipinski definition) is 1. The molecule has 0 saturated carbocycles. The molecule has 1 saturated heterocycles. The second-order valence-electron chi connectivity index (χ2n) is 5.37. The highest BCUT2D eigenvalue weighted by Crippen LogP contribution is 2.33. The van der Waals surface area contributed by atoms with Gasteiger partial charge < -0.3 is 5.32 Å². The molecule has 0 aromatic carbocycles. The Morgan fingerprint density at radius 2 is 2.15 bits per heavy atom. The van der Waals surface area contributed by atoms with E-state index in [2.05, 4.69) is 24.1 Å². The van der Waals surface area contributed by atoms with Crippen LogP contribution in [0.4, 0.5) is 5.69 Å². The SMILES string of the molecule is CNc1cccnc1S(=O)(=O)N1CCSC(C)(C)CC1. The first-order valence-corrected chi connectivity index (χ1v) is 9.06. The van der Waals surface area contributed by atoms with E-state index in [0.29, 0.717) is 18.8 Å². The van der Waals surface area contributed by atoms with Gasteiger partial charge in [0.15, 0.2) is 5.03 Å². The maximum Gasteiger partial charge on any atom is 0.262 e. The van der Waals surface area contributed by atoms with E-state index >= 15 is 0 Å². The molecule has 1 aliphatic rings. The van der Waals surface area contributed by atoms with Crippen molar-refractivity contribution < 1.29 is 8.42 Å². The molecule has 2 heterocycles. The summed E-state index contributed by atoms with van der Waals surface area (Å²) in [6, 6.07) is 3.46. The maximum atomic E-state index is 12.7. The molecule has 2 rings (SSSR count). The van der Waals surface area contributed by atoms with Gasteiger partial charge in [-0.2, -0.15) is 16.1 Å². The molecule has 0 radical (unpaired) electrons. The van der Waals surface area contributed by atoms with Crippen molar-refractivity contribution in [3.8, 4) is 0 Å². The Hall–Kier alpha value is -0.790. The Kier molecular flexibility index (Phi) is 4.61. The number of nitrogens with one attached hydrogen (secondary N) is 1. The molecule has 0 aliphatic carbocycles. The summed E-state index contributed by atoms with van der Waals surface area (Å²) < 4.78 is 27.2. The van der Waals surface area contributed by atoms with Crippen LogP contribution in [-0.2, 0) is 10.0 Å². The van der Waals surface area contributed by atoms with Gasteiger partial charge in [0.25, 0.3) is 10.0 Å². The summed E-state index contributed by atoms with van der Waals surface area (Å²) in [6.45, 7) is 5.40. The second-order valence-corrected chi connectivity index (χ2v) is 9.02. The molecule has 7 heteroatoms. The first-order chi connectivity index (χ1) is 9.37. The Morgan fingerprint density at radius 1 is 1.40 bits per heavy atom. The van der Waals surface area contributed by atoms with Gasteiger partial charge in [0, 0.05) is 36.8 Å². The van der Waals surface area contributed by atoms with Gasteiger partial charge in [-0.25, -0.2) is 13.4 Å². The van der Waals surface area contributed by atoms with E-state index in [4.69, 9.17) is 0 Å². The molecule has 0 spiro atoms. The molecular weight excluding hydrogens is 294 g/mol. The third-order valence-electron chi connectivity index (χ3n) is 3.42. The van der Waals surface area contributed by atoms with Crippen molar-refractivity contribution >= 4 is 27.5 Å². The normalized spacial score (nSPS) is 20.4. The van der Waals surface area contributed by atoms with Crippen molar-refractivity contribution in [2.24, 2.45) is 0 Å². The average Bonchev–Trinajstić information content (AvgIpc) is 2.60. The molecule has 1 aliphatic heterocycles. The van der Waals surface area contributed by atoms with Crippen molar-refractivity contribution in [1.29, 1.82) is 0 Å². The summed E-state index contributed by atoms with van der Waals surface area (Å²) in [6.07, 6.45) is 2.36. The summed E-state index contributed by atoms with van der Waals surface area (Å²) in [5.74, 6) is 0.813. The van der Waals surface area contributed by atoms with Crippen LogP contribution in [0.3, 0.4) is 0 Å². The van der Waals surface area contributed by atoms with Gasteiger partial charge in [-0.3, -0.25) is 0 Å². The highest BCUT2D eigenvalue weighted by molar-refractivity contribution is 8.00. The van der Waals surface area contributed by atoms with Crippen LogP contribution in [0.2, 0.25) is 0 Å². The zero-order valence-corrected chi connectivity index (χ0v) is 13.7. The van der Waals surface area contributed by atoms with Gasteiger partial charge in [-0.15, -0.1) is 0 Å². The number of pyridine rings is 1. The molecule has 1 aromatic rings. The standard InChI is InChI=1S/C13H21N3O2S2/c1-13(2)6-8-16(9-10-19-13)20(17,18)12-11(14-3)5-4-7-15-12/h4-5,7,14H,6,8-10H2,1-3H3. The van der Waals surface area contributed by atoms with E-state index in [-0.39, 0.29) is 9.77 Å². The fourth-order valence-corrected chi connectivity index (χ4v) is 4.92. The minimum atomic E-state index is -3.53. The fraction of sp³-hybridized carbons (Fsp3) is 0.615. The van der Waals surface area contributed by atoms with Crippen LogP contribution >= 0.6 is 11.8 Å². The van der Waals surface area contributed by atoms with Crippen molar-refractivity contribution in [1.82, 2.24) is 9.29 Å². The summed E-state index contributed by atoms with van der Waals surface area (Å²) in [4.78, 5) is 4.06. The summed E-state index contributed by atoms with van der Waals surface area (Å²) >= 11 is 1.82. The molecule has 1 fully saturated rings. The summed E-state index contributed by atoms with van der Waals surface area (Å²) in [5.41, 5.74) is 0.545. The van der Waals surface area contributed by atoms with Crippen LogP contribution in [0.15, 0.2) is 23.4 Å². The lowest BCUT2D eigenvalue weighted by molar-refractivity contribution is 0.414. The highest BCUT2D eigenvalue weighted by atomic mass is 32.2. The number of nitrogens with zero attached hydrogens (tertiary/aromatic N) is 2. The molecule has 0 atom stereocenters. The molecular formula is C13H21N3O2S2. The first kappa shape index (κ1) is 15.6. The summed E-state index contributed by atoms with van der Waals surface area (Å²) in [7, 11) is -1.83. The van der Waals surface area contributed by atoms with Crippen LogP contribution in [0.25, 0.3) is 0 Å². The predicted molar refractivity (Wildman–Crippen MR) is 83.7 cm³/mol. The number of hydrogen-bond acceptors (Lipinski definition) is 5. The first-order valence-electron chi connectivity index (χ1n) is 6.64. The van der Waals surface area contributed by atoms with Gasteiger partial charge in [-0.1, -0.05) is 13.8 Å². The van der Waals surface area contributed by atoms with Gasteiger partial charge in [0.05, 0.1) is 5.69 Å². The van der Waals surface area contributed by atoms with Crippen LogP contribution in [0, 0.1) is 0 Å². The zero-order chi connectivity index (χ0) is 14.8. The van der Waals surface area contributed by atoms with Gasteiger partial charge in [0.1, 0.15) is 0 Å². The van der Waals surface area contributed by atoms with Gasteiger partial charge >= 0.3 is 0 Å². The molecule has 20 heavy (non-hydrogen) atoms. The number of aromatic nitrogens is 1. The Morgan fingerprint density at radius 3 is 2.85 bits per heavy atom. The van der Waals surface area contributed by atoms with Crippen LogP contribution < -0.4 is 5.32 Å². The fourth-order valence-electron chi connectivity index (χ4n) is 2.15. The predicted octanol–water partition coefficient (Wildman–Crippen LogP) is 2.03. The Balaban J connectivity index is 2.30.